The summed E-state index contributed by atoms with van der Waals surface area (Å²) in [5.74, 6) is 0.535. The summed E-state index contributed by atoms with van der Waals surface area (Å²) in [4.78, 5) is 4.18. The Hall–Kier alpha value is -3.82. The molecular weight excluding hydrogens is 484 g/mol. The molecule has 4 aromatic rings. The summed E-state index contributed by atoms with van der Waals surface area (Å²) in [5.41, 5.74) is 4.36. The fourth-order valence-corrected chi connectivity index (χ4v) is 5.24. The monoisotopic (exact) mass is 516 g/mol. The van der Waals surface area contributed by atoms with Gasteiger partial charge in [-0.2, -0.15) is 25.4 Å². The van der Waals surface area contributed by atoms with E-state index >= 15 is 0 Å². The number of hydrogen-bond donors (Lipinski definition) is 0. The van der Waals surface area contributed by atoms with Gasteiger partial charge in [-0.3, -0.25) is 4.90 Å². The van der Waals surface area contributed by atoms with Crippen LogP contribution in [0.2, 0.25) is 0 Å². The molecule has 0 saturated carbocycles. The maximum atomic E-state index is 9.69. The Labute approximate surface area is 220 Å². The van der Waals surface area contributed by atoms with Crippen LogP contribution in [0.5, 0.6) is 5.75 Å². The molecule has 38 heavy (non-hydrogen) atoms. The minimum absolute atomic E-state index is 0.149. The maximum absolute atomic E-state index is 9.69. The van der Waals surface area contributed by atoms with E-state index in [9.17, 15) is 5.26 Å². The Bertz CT molecular complexity index is 1480. The molecule has 2 fully saturated rings. The summed E-state index contributed by atoms with van der Waals surface area (Å²) >= 11 is 0. The molecule has 1 unspecified atom stereocenters. The van der Waals surface area contributed by atoms with E-state index in [1.807, 2.05) is 33.0 Å². The highest BCUT2D eigenvalue weighted by Gasteiger charge is 2.31. The summed E-state index contributed by atoms with van der Waals surface area (Å²) in [6.45, 7) is 11.8. The van der Waals surface area contributed by atoms with Crippen LogP contribution in [-0.2, 0) is 4.74 Å². The number of nitriles is 1. The predicted molar refractivity (Wildman–Crippen MR) is 138 cm³/mol. The highest BCUT2D eigenvalue weighted by molar-refractivity contribution is 5.74. The Kier molecular flexibility index (Phi) is 6.33. The van der Waals surface area contributed by atoms with Crippen molar-refractivity contribution in [3.8, 4) is 23.1 Å². The molecule has 2 saturated heterocycles. The zero-order valence-corrected chi connectivity index (χ0v) is 22.2. The molecule has 0 N–H and O–H groups in total. The number of rotatable bonds is 7. The van der Waals surface area contributed by atoms with Gasteiger partial charge in [0, 0.05) is 24.8 Å². The van der Waals surface area contributed by atoms with Crippen LogP contribution in [0.15, 0.2) is 24.7 Å². The number of pyridine rings is 1. The van der Waals surface area contributed by atoms with Gasteiger partial charge < -0.3 is 9.47 Å². The van der Waals surface area contributed by atoms with E-state index < -0.39 is 0 Å². The Morgan fingerprint density at radius 2 is 1.89 bits per heavy atom. The van der Waals surface area contributed by atoms with Crippen molar-refractivity contribution in [1.82, 2.24) is 44.5 Å². The van der Waals surface area contributed by atoms with Gasteiger partial charge in [-0.25, -0.2) is 9.20 Å². The van der Waals surface area contributed by atoms with Crippen LogP contribution in [0.4, 0.5) is 0 Å². The fourth-order valence-electron chi connectivity index (χ4n) is 5.24. The van der Waals surface area contributed by atoms with Crippen LogP contribution in [0, 0.1) is 18.3 Å². The SMILES string of the molecule is Cc1c(-c2cc(OC(C)c3cnn(C(C)C)n3)c3c(C#N)cnn3c2)nnn1C1CCN(C2COC2)CC1. The molecule has 6 heterocycles. The Morgan fingerprint density at radius 3 is 2.55 bits per heavy atom. The second-order valence-electron chi connectivity index (χ2n) is 10.4. The van der Waals surface area contributed by atoms with Crippen molar-refractivity contribution in [1.29, 1.82) is 5.26 Å². The number of hydrogen-bond acceptors (Lipinski definition) is 9. The first-order chi connectivity index (χ1) is 18.4. The van der Waals surface area contributed by atoms with Crippen molar-refractivity contribution in [2.24, 2.45) is 0 Å². The zero-order valence-electron chi connectivity index (χ0n) is 22.2. The van der Waals surface area contributed by atoms with E-state index in [2.05, 4.69) is 48.2 Å². The molecule has 2 aliphatic rings. The number of nitrogens with zero attached hydrogens (tertiary/aromatic N) is 10. The van der Waals surface area contributed by atoms with Gasteiger partial charge in [0.25, 0.3) is 0 Å². The van der Waals surface area contributed by atoms with Crippen molar-refractivity contribution in [2.75, 3.05) is 26.3 Å². The number of ether oxygens (including phenoxy) is 2. The lowest BCUT2D eigenvalue weighted by Crippen LogP contribution is -2.52. The van der Waals surface area contributed by atoms with Crippen molar-refractivity contribution >= 4 is 5.52 Å². The smallest absolute Gasteiger partial charge is 0.148 e. The first-order valence-electron chi connectivity index (χ1n) is 13.2. The van der Waals surface area contributed by atoms with E-state index in [0.29, 0.717) is 34.6 Å². The summed E-state index contributed by atoms with van der Waals surface area (Å²) in [6.07, 6.45) is 6.83. The van der Waals surface area contributed by atoms with Gasteiger partial charge in [-0.05, 0) is 46.6 Å². The molecule has 2 aliphatic heterocycles. The fraction of sp³-hybridized carbons (Fsp3) is 0.538. The molecule has 12 heteroatoms. The first-order valence-corrected chi connectivity index (χ1v) is 13.2. The lowest BCUT2D eigenvalue weighted by atomic mass is 10.0. The molecule has 0 radical (unpaired) electrons. The van der Waals surface area contributed by atoms with Crippen LogP contribution in [0.1, 0.15) is 68.8 Å². The molecule has 0 amide bonds. The third-order valence-electron chi connectivity index (χ3n) is 7.59. The number of likely N-dealkylation sites (tertiary alicyclic amines) is 1. The van der Waals surface area contributed by atoms with E-state index in [1.165, 1.54) is 0 Å². The molecular formula is C26H32N10O2. The van der Waals surface area contributed by atoms with Gasteiger partial charge in [0.05, 0.1) is 49.4 Å². The van der Waals surface area contributed by atoms with Crippen LogP contribution in [0.25, 0.3) is 16.8 Å². The van der Waals surface area contributed by atoms with Gasteiger partial charge >= 0.3 is 0 Å². The van der Waals surface area contributed by atoms with E-state index in [0.717, 1.165) is 56.1 Å². The summed E-state index contributed by atoms with van der Waals surface area (Å²) < 4.78 is 15.5. The quantitative estimate of drug-likeness (QED) is 0.364. The number of aromatic nitrogens is 8. The second-order valence-corrected chi connectivity index (χ2v) is 10.4. The van der Waals surface area contributed by atoms with E-state index in [-0.39, 0.29) is 12.1 Å². The van der Waals surface area contributed by atoms with Crippen LogP contribution in [0.3, 0.4) is 0 Å². The van der Waals surface area contributed by atoms with Crippen molar-refractivity contribution in [3.63, 3.8) is 0 Å². The van der Waals surface area contributed by atoms with Gasteiger partial charge in [0.2, 0.25) is 0 Å². The van der Waals surface area contributed by atoms with E-state index in [4.69, 9.17) is 9.47 Å². The highest BCUT2D eigenvalue weighted by Crippen LogP contribution is 2.34. The molecule has 4 aromatic heterocycles. The molecule has 12 nitrogen and oxygen atoms in total. The minimum Gasteiger partial charge on any atom is -0.482 e. The summed E-state index contributed by atoms with van der Waals surface area (Å²) in [7, 11) is 0. The lowest BCUT2D eigenvalue weighted by molar-refractivity contribution is -0.0735. The average Bonchev–Trinajstić information content (AvgIpc) is 3.62. The van der Waals surface area contributed by atoms with Crippen molar-refractivity contribution in [2.45, 2.75) is 64.8 Å². The standard InChI is InChI=1S/C26H32N10O2/c1-16(2)36-29-12-23(31-36)18(4)38-24-9-19(13-34-26(24)20(10-27)11-28-34)25-17(3)35(32-30-25)21-5-7-33(8-6-21)22-14-37-15-22/h9,11-13,16,18,21-22H,5-8,14-15H2,1-4H3. The molecule has 0 aliphatic carbocycles. The number of fused-ring (bicyclic) bond motifs is 1. The van der Waals surface area contributed by atoms with Crippen LogP contribution in [-0.4, -0.2) is 76.8 Å². The third-order valence-corrected chi connectivity index (χ3v) is 7.59. The second kappa shape index (κ2) is 9.81. The summed E-state index contributed by atoms with van der Waals surface area (Å²) in [6, 6.07) is 5.17. The third kappa shape index (κ3) is 4.31. The molecule has 6 rings (SSSR count). The normalized spacial score (nSPS) is 18.1. The Morgan fingerprint density at radius 1 is 1.11 bits per heavy atom. The lowest BCUT2D eigenvalue weighted by Gasteiger charge is -2.41. The molecule has 198 valence electrons. The molecule has 0 bridgehead atoms. The number of piperidine rings is 1. The van der Waals surface area contributed by atoms with Crippen LogP contribution < -0.4 is 4.74 Å². The van der Waals surface area contributed by atoms with Gasteiger partial charge in [-0.1, -0.05) is 5.21 Å². The van der Waals surface area contributed by atoms with Gasteiger partial charge in [-0.15, -0.1) is 5.10 Å². The molecule has 1 atom stereocenters. The molecule has 0 aromatic carbocycles. The zero-order chi connectivity index (χ0) is 26.4. The summed E-state index contributed by atoms with van der Waals surface area (Å²) in [5, 5.41) is 32.1. The Balaban J connectivity index is 1.29. The van der Waals surface area contributed by atoms with Gasteiger partial charge in [0.15, 0.2) is 0 Å². The highest BCUT2D eigenvalue weighted by atomic mass is 16.5. The first kappa shape index (κ1) is 24.5. The predicted octanol–water partition coefficient (Wildman–Crippen LogP) is 3.12. The minimum atomic E-state index is -0.383. The largest absolute Gasteiger partial charge is 0.482 e. The van der Waals surface area contributed by atoms with E-state index in [1.54, 1.807) is 21.7 Å². The van der Waals surface area contributed by atoms with Crippen molar-refractivity contribution < 1.29 is 9.47 Å². The van der Waals surface area contributed by atoms with Crippen molar-refractivity contribution in [3.05, 3.63) is 41.6 Å². The van der Waals surface area contributed by atoms with Crippen LogP contribution >= 0.6 is 0 Å². The maximum Gasteiger partial charge on any atom is 0.148 e. The topological polar surface area (TPSA) is 124 Å². The molecule has 0 spiro atoms. The average molecular weight is 517 g/mol. The van der Waals surface area contributed by atoms with Gasteiger partial charge in [0.1, 0.15) is 40.4 Å².